The first kappa shape index (κ1) is 52.6. The van der Waals surface area contributed by atoms with Gasteiger partial charge in [0, 0.05) is 51.9 Å². The molecule has 0 N–H and O–H groups in total. The largest absolute Gasteiger partial charge is 0.495 e. The highest BCUT2D eigenvalue weighted by molar-refractivity contribution is 6.46. The standard InChI is InChI=1S/C20H16ClNO5.C12H10ClNO4.C10H14O3.C4H6O3/c1-26-18(12-6-4-3-5-7-12)17-14-9-8-13(20(25)27-2)10-15(14)22(19(17)24)16(23)11-21;1-18-12(17)8-3-2-7-5-10(15)14(9(7)4-8)11(16)6-13;1-11-10(12-2,13-3)9-7-5-4-6-8-9;1-3(5)7-4(2)6/h3-10H,11H2,1-2H3;2-4H,5-6H2,1H3;4-8H,1-3H3;1-2H3/b18-17+;;;. The Kier molecular flexibility index (Phi) is 20.2. The average Bonchev–Trinajstić information content (AvgIpc) is 3.81. The summed E-state index contributed by atoms with van der Waals surface area (Å²) in [4.78, 5) is 93.6. The number of alkyl halides is 2. The molecule has 2 aliphatic heterocycles. The Bertz CT molecular complexity index is 2390. The lowest BCUT2D eigenvalue weighted by Gasteiger charge is -2.28. The highest BCUT2D eigenvalue weighted by atomic mass is 35.5. The van der Waals surface area contributed by atoms with E-state index in [4.69, 9.17) is 46.9 Å². The van der Waals surface area contributed by atoms with Gasteiger partial charge in [-0.25, -0.2) is 19.4 Å². The van der Waals surface area contributed by atoms with Gasteiger partial charge in [0.1, 0.15) is 17.5 Å². The lowest BCUT2D eigenvalue weighted by Crippen LogP contribution is -2.34. The van der Waals surface area contributed by atoms with Gasteiger partial charge in [0.15, 0.2) is 0 Å². The zero-order valence-electron chi connectivity index (χ0n) is 36.6. The van der Waals surface area contributed by atoms with Crippen molar-refractivity contribution in [3.8, 4) is 0 Å². The number of carbonyl (C=O) groups is 8. The summed E-state index contributed by atoms with van der Waals surface area (Å²) in [5.74, 6) is -5.62. The number of carbonyl (C=O) groups excluding carboxylic acids is 8. The molecule has 0 radical (unpaired) electrons. The van der Waals surface area contributed by atoms with Crippen LogP contribution in [0.1, 0.15) is 56.8 Å². The topological polar surface area (TPSA) is 208 Å². The summed E-state index contributed by atoms with van der Waals surface area (Å²) in [6.07, 6.45) is 0.138. The zero-order chi connectivity index (χ0) is 48.4. The van der Waals surface area contributed by atoms with Gasteiger partial charge < -0.3 is 33.2 Å². The van der Waals surface area contributed by atoms with E-state index in [0.29, 0.717) is 33.7 Å². The Morgan fingerprint density at radius 1 is 0.585 bits per heavy atom. The number of methoxy groups -OCH3 is 6. The summed E-state index contributed by atoms with van der Waals surface area (Å²) in [6.45, 7) is 2.36. The number of ether oxygens (including phenoxy) is 7. The van der Waals surface area contributed by atoms with Gasteiger partial charge in [0.05, 0.1) is 55.8 Å². The van der Waals surface area contributed by atoms with Crippen LogP contribution in [-0.2, 0) is 74.3 Å². The van der Waals surface area contributed by atoms with Crippen molar-refractivity contribution in [2.75, 3.05) is 64.2 Å². The number of halogens is 2. The highest BCUT2D eigenvalue weighted by Crippen LogP contribution is 2.42. The molecule has 65 heavy (non-hydrogen) atoms. The molecule has 19 heteroatoms. The molecule has 2 heterocycles. The van der Waals surface area contributed by atoms with Crippen molar-refractivity contribution in [2.24, 2.45) is 0 Å². The first-order valence-electron chi connectivity index (χ1n) is 19.1. The van der Waals surface area contributed by atoms with Crippen molar-refractivity contribution < 1.29 is 71.5 Å². The molecule has 0 bridgehead atoms. The van der Waals surface area contributed by atoms with Gasteiger partial charge >= 0.3 is 29.9 Å². The molecule has 0 saturated heterocycles. The SMILES string of the molecule is CC(=O)OC(C)=O.COC(=O)c1ccc2c(c1)N(C(=O)CCl)C(=O)/C2=C(/OC)c1ccccc1.COC(=O)c1ccc2c(c1)N(C(=O)CCl)C(=O)C2.COC(OC)(OC)c1ccccc1. The van der Waals surface area contributed by atoms with Crippen LogP contribution >= 0.6 is 23.2 Å². The Labute approximate surface area is 384 Å². The molecule has 4 aromatic carbocycles. The minimum absolute atomic E-state index is 0.138. The number of fused-ring (bicyclic) bond motifs is 2. The van der Waals surface area contributed by atoms with Crippen LogP contribution in [0.25, 0.3) is 11.3 Å². The van der Waals surface area contributed by atoms with E-state index in [2.05, 4.69) is 9.47 Å². The van der Waals surface area contributed by atoms with Crippen LogP contribution in [0.15, 0.2) is 97.1 Å². The lowest BCUT2D eigenvalue weighted by molar-refractivity contribution is -0.364. The number of nitrogens with zero attached hydrogens (tertiary/aromatic N) is 2. The van der Waals surface area contributed by atoms with Gasteiger partial charge in [-0.3, -0.25) is 28.8 Å². The van der Waals surface area contributed by atoms with Crippen molar-refractivity contribution >= 4 is 93.4 Å². The van der Waals surface area contributed by atoms with Gasteiger partial charge in [-0.05, 0) is 29.8 Å². The number of anilines is 2. The van der Waals surface area contributed by atoms with Crippen molar-refractivity contribution in [1.29, 1.82) is 0 Å². The fourth-order valence-electron chi connectivity index (χ4n) is 6.31. The van der Waals surface area contributed by atoms with Crippen molar-refractivity contribution in [3.63, 3.8) is 0 Å². The molecular formula is C46H46Cl2N2O15. The van der Waals surface area contributed by atoms with Gasteiger partial charge in [-0.2, -0.15) is 0 Å². The molecule has 0 fully saturated rings. The van der Waals surface area contributed by atoms with Crippen LogP contribution in [0.3, 0.4) is 0 Å². The van der Waals surface area contributed by atoms with Gasteiger partial charge in [0.2, 0.25) is 17.7 Å². The molecule has 17 nitrogen and oxygen atoms in total. The molecule has 0 saturated carbocycles. The second-order valence-electron chi connectivity index (χ2n) is 13.1. The zero-order valence-corrected chi connectivity index (χ0v) is 38.1. The minimum atomic E-state index is -1.08. The van der Waals surface area contributed by atoms with Crippen LogP contribution in [0, 0.1) is 0 Å². The predicted molar refractivity (Wildman–Crippen MR) is 238 cm³/mol. The fraction of sp³-hybridized carbons (Fsp3) is 0.261. The monoisotopic (exact) mass is 936 g/mol. The van der Waals surface area contributed by atoms with E-state index in [0.717, 1.165) is 15.4 Å². The van der Waals surface area contributed by atoms with E-state index in [1.807, 2.05) is 48.5 Å². The number of hydrogen-bond acceptors (Lipinski definition) is 15. The number of esters is 4. The predicted octanol–water partition coefficient (Wildman–Crippen LogP) is 6.06. The van der Waals surface area contributed by atoms with Gasteiger partial charge in [-0.15, -0.1) is 23.2 Å². The first-order chi connectivity index (χ1) is 31.0. The van der Waals surface area contributed by atoms with E-state index in [9.17, 15) is 38.4 Å². The first-order valence-corrected chi connectivity index (χ1v) is 20.1. The lowest BCUT2D eigenvalue weighted by atomic mass is 10.0. The maximum Gasteiger partial charge on any atom is 0.337 e. The van der Waals surface area contributed by atoms with E-state index >= 15 is 0 Å². The Hall–Kier alpha value is -6.76. The normalized spacial score (nSPS) is 13.0. The summed E-state index contributed by atoms with van der Waals surface area (Å²) < 4.78 is 34.3. The molecule has 4 aromatic rings. The van der Waals surface area contributed by atoms with Crippen LogP contribution in [0.5, 0.6) is 0 Å². The number of hydrogen-bond donors (Lipinski definition) is 0. The summed E-state index contributed by atoms with van der Waals surface area (Å²) in [7, 11) is 8.60. The Balaban J connectivity index is 0.000000255. The molecule has 0 atom stereocenters. The van der Waals surface area contributed by atoms with Crippen LogP contribution in [0.2, 0.25) is 0 Å². The van der Waals surface area contributed by atoms with Crippen molar-refractivity contribution in [1.82, 2.24) is 0 Å². The minimum Gasteiger partial charge on any atom is -0.495 e. The molecule has 0 unspecified atom stereocenters. The van der Waals surface area contributed by atoms with Crippen molar-refractivity contribution in [2.45, 2.75) is 26.2 Å². The van der Waals surface area contributed by atoms with E-state index in [1.165, 1.54) is 53.4 Å². The van der Waals surface area contributed by atoms with Gasteiger partial charge in [0.25, 0.3) is 5.91 Å². The van der Waals surface area contributed by atoms with Crippen molar-refractivity contribution in [3.05, 3.63) is 130 Å². The fourth-order valence-corrected chi connectivity index (χ4v) is 6.55. The molecule has 0 aromatic heterocycles. The smallest absolute Gasteiger partial charge is 0.337 e. The van der Waals surface area contributed by atoms with Gasteiger partial charge in [-0.1, -0.05) is 72.8 Å². The number of rotatable bonds is 10. The molecule has 0 spiro atoms. The summed E-state index contributed by atoms with van der Waals surface area (Å²) in [6, 6.07) is 27.8. The van der Waals surface area contributed by atoms with E-state index in [1.54, 1.807) is 51.7 Å². The molecule has 6 rings (SSSR count). The van der Waals surface area contributed by atoms with Crippen LogP contribution < -0.4 is 9.80 Å². The maximum atomic E-state index is 13.1. The van der Waals surface area contributed by atoms with Crippen LogP contribution in [-0.4, -0.2) is 102 Å². The molecule has 4 amide bonds. The third kappa shape index (κ3) is 12.9. The second-order valence-corrected chi connectivity index (χ2v) is 13.6. The summed E-state index contributed by atoms with van der Waals surface area (Å²) in [5.41, 5.74) is 4.12. The van der Waals surface area contributed by atoms with E-state index in [-0.39, 0.29) is 40.9 Å². The summed E-state index contributed by atoms with van der Waals surface area (Å²) >= 11 is 11.1. The number of amides is 4. The third-order valence-electron chi connectivity index (χ3n) is 9.10. The van der Waals surface area contributed by atoms with Crippen LogP contribution in [0.4, 0.5) is 11.4 Å². The average molecular weight is 938 g/mol. The molecule has 344 valence electrons. The van der Waals surface area contributed by atoms with E-state index < -0.39 is 47.6 Å². The molecular weight excluding hydrogens is 891 g/mol. The quantitative estimate of drug-likeness (QED) is 0.0337. The summed E-state index contributed by atoms with van der Waals surface area (Å²) in [5, 5.41) is 0. The Morgan fingerprint density at radius 3 is 1.51 bits per heavy atom. The highest BCUT2D eigenvalue weighted by Gasteiger charge is 2.40. The third-order valence-corrected chi connectivity index (χ3v) is 9.56. The number of benzene rings is 4. The Morgan fingerprint density at radius 2 is 1.06 bits per heavy atom. The maximum absolute atomic E-state index is 13.1. The molecule has 2 aliphatic rings. The number of imide groups is 2. The second kappa shape index (κ2) is 24.9. The molecule has 0 aliphatic carbocycles.